The van der Waals surface area contributed by atoms with Gasteiger partial charge in [0.05, 0.1) is 24.1 Å². The molecule has 0 bridgehead atoms. The highest BCUT2D eigenvalue weighted by atomic mass is 32.2. The monoisotopic (exact) mass is 351 g/mol. The predicted octanol–water partition coefficient (Wildman–Crippen LogP) is 0.0344. The Bertz CT molecular complexity index is 868. The van der Waals surface area contributed by atoms with Crippen LogP contribution in [0.1, 0.15) is 16.2 Å². The molecular formula is C15H15N2O6S-. The number of hydrogen-bond acceptors (Lipinski definition) is 7. The minimum absolute atomic E-state index is 0.0331. The summed E-state index contributed by atoms with van der Waals surface area (Å²) in [7, 11) is -3.66. The highest BCUT2D eigenvalue weighted by Gasteiger charge is 2.27. The van der Waals surface area contributed by atoms with Crippen molar-refractivity contribution in [1.82, 2.24) is 9.29 Å². The summed E-state index contributed by atoms with van der Waals surface area (Å²) in [4.78, 5) is 14.9. The van der Waals surface area contributed by atoms with Gasteiger partial charge in [-0.15, -0.1) is 0 Å². The molecule has 0 spiro atoms. The van der Waals surface area contributed by atoms with Crippen LogP contribution in [-0.4, -0.2) is 50.0 Å². The highest BCUT2D eigenvalue weighted by molar-refractivity contribution is 7.89. The number of carbonyl (C=O) groups is 1. The van der Waals surface area contributed by atoms with E-state index >= 15 is 0 Å². The van der Waals surface area contributed by atoms with Crippen molar-refractivity contribution in [2.75, 3.05) is 26.3 Å². The van der Waals surface area contributed by atoms with E-state index in [1.54, 1.807) is 12.1 Å². The van der Waals surface area contributed by atoms with Crippen molar-refractivity contribution in [3.05, 3.63) is 35.7 Å². The molecule has 0 amide bonds. The van der Waals surface area contributed by atoms with Gasteiger partial charge in [0.15, 0.2) is 0 Å². The van der Waals surface area contributed by atoms with Crippen LogP contribution < -0.4 is 5.11 Å². The van der Waals surface area contributed by atoms with Crippen molar-refractivity contribution in [2.24, 2.45) is 0 Å². The molecule has 2 heterocycles. The first-order valence-electron chi connectivity index (χ1n) is 7.26. The molecule has 1 aliphatic rings. The second-order valence-electron chi connectivity index (χ2n) is 5.26. The lowest BCUT2D eigenvalue weighted by Crippen LogP contribution is -2.40. The second kappa shape index (κ2) is 6.34. The maximum Gasteiger partial charge on any atom is 0.243 e. The molecule has 0 saturated carbocycles. The molecule has 2 aromatic rings. The third-order valence-electron chi connectivity index (χ3n) is 3.68. The number of aromatic carboxylic acids is 1. The van der Waals surface area contributed by atoms with Gasteiger partial charge in [-0.3, -0.25) is 0 Å². The number of ether oxygens (including phenoxy) is 1. The highest BCUT2D eigenvalue weighted by Crippen LogP contribution is 2.25. The summed E-state index contributed by atoms with van der Waals surface area (Å²) in [5.41, 5.74) is 0.0753. The van der Waals surface area contributed by atoms with Gasteiger partial charge in [0.1, 0.15) is 11.5 Å². The van der Waals surface area contributed by atoms with Crippen LogP contribution in [0.4, 0.5) is 0 Å². The van der Waals surface area contributed by atoms with Crippen LogP contribution in [0.5, 0.6) is 0 Å². The summed E-state index contributed by atoms with van der Waals surface area (Å²) in [6.45, 7) is 2.74. The summed E-state index contributed by atoms with van der Waals surface area (Å²) in [5, 5.41) is 11.0. The standard InChI is InChI=1S/C15H16N2O6S/c1-10-13(15(18)19)16-14(23-10)11-3-2-4-12(9-11)24(20,21)17-5-7-22-8-6-17/h2-4,9H,5-8H2,1H3,(H,18,19)/p-1. The number of carboxylic acid groups (broad SMARTS) is 1. The first kappa shape index (κ1) is 16.6. The molecule has 0 atom stereocenters. The fourth-order valence-corrected chi connectivity index (χ4v) is 3.89. The van der Waals surface area contributed by atoms with Gasteiger partial charge in [-0.2, -0.15) is 4.31 Å². The van der Waals surface area contributed by atoms with Crippen molar-refractivity contribution in [3.8, 4) is 11.5 Å². The minimum atomic E-state index is -3.66. The zero-order chi connectivity index (χ0) is 17.3. The van der Waals surface area contributed by atoms with Crippen LogP contribution in [0.2, 0.25) is 0 Å². The average Bonchev–Trinajstić information content (AvgIpc) is 2.98. The summed E-state index contributed by atoms with van der Waals surface area (Å²) in [5.74, 6) is -1.31. The molecule has 0 aliphatic carbocycles. The van der Waals surface area contributed by atoms with Gasteiger partial charge in [0.2, 0.25) is 15.9 Å². The number of hydrogen-bond donors (Lipinski definition) is 0. The molecule has 9 heteroatoms. The van der Waals surface area contributed by atoms with Gasteiger partial charge in [-0.1, -0.05) is 6.07 Å². The largest absolute Gasteiger partial charge is 0.543 e. The Balaban J connectivity index is 1.97. The first-order chi connectivity index (χ1) is 11.4. The molecule has 0 unspecified atom stereocenters. The van der Waals surface area contributed by atoms with E-state index < -0.39 is 16.0 Å². The molecule has 128 valence electrons. The number of carboxylic acids is 1. The number of rotatable bonds is 4. The van der Waals surface area contributed by atoms with Crippen molar-refractivity contribution in [2.45, 2.75) is 11.8 Å². The maximum atomic E-state index is 12.7. The van der Waals surface area contributed by atoms with E-state index in [4.69, 9.17) is 9.15 Å². The molecule has 1 aliphatic heterocycles. The summed E-state index contributed by atoms with van der Waals surface area (Å²) >= 11 is 0. The molecule has 1 saturated heterocycles. The number of carbonyl (C=O) groups excluding carboxylic acids is 1. The number of nitrogens with zero attached hydrogens (tertiary/aromatic N) is 2. The lowest BCUT2D eigenvalue weighted by molar-refractivity contribution is -0.255. The maximum absolute atomic E-state index is 12.7. The van der Waals surface area contributed by atoms with E-state index in [1.165, 1.54) is 23.4 Å². The van der Waals surface area contributed by atoms with Gasteiger partial charge in [-0.25, -0.2) is 13.4 Å². The minimum Gasteiger partial charge on any atom is -0.543 e. The molecule has 8 nitrogen and oxygen atoms in total. The Morgan fingerprint density at radius 1 is 1.29 bits per heavy atom. The zero-order valence-electron chi connectivity index (χ0n) is 12.9. The van der Waals surface area contributed by atoms with E-state index in [2.05, 4.69) is 4.98 Å². The molecule has 0 N–H and O–H groups in total. The summed E-state index contributed by atoms with van der Waals surface area (Å²) in [6.07, 6.45) is 0. The van der Waals surface area contributed by atoms with Crippen LogP contribution >= 0.6 is 0 Å². The Morgan fingerprint density at radius 2 is 2.00 bits per heavy atom. The molecule has 3 rings (SSSR count). The van der Waals surface area contributed by atoms with Gasteiger partial charge < -0.3 is 19.1 Å². The van der Waals surface area contributed by atoms with Crippen molar-refractivity contribution in [1.29, 1.82) is 0 Å². The smallest absolute Gasteiger partial charge is 0.243 e. The van der Waals surface area contributed by atoms with Crippen LogP contribution in [0.3, 0.4) is 0 Å². The van der Waals surface area contributed by atoms with Gasteiger partial charge in [0, 0.05) is 18.7 Å². The summed E-state index contributed by atoms with van der Waals surface area (Å²) in [6, 6.07) is 6.04. The molecule has 0 radical (unpaired) electrons. The Labute approximate surface area is 138 Å². The van der Waals surface area contributed by atoms with Crippen LogP contribution in [0.25, 0.3) is 11.5 Å². The fourth-order valence-electron chi connectivity index (χ4n) is 2.43. The van der Waals surface area contributed by atoms with E-state index in [0.29, 0.717) is 31.9 Å². The van der Waals surface area contributed by atoms with Crippen molar-refractivity contribution in [3.63, 3.8) is 0 Å². The fraction of sp³-hybridized carbons (Fsp3) is 0.333. The molecule has 1 fully saturated rings. The summed E-state index contributed by atoms with van der Waals surface area (Å²) < 4.78 is 37.2. The first-order valence-corrected chi connectivity index (χ1v) is 8.70. The average molecular weight is 351 g/mol. The third kappa shape index (κ3) is 3.05. The van der Waals surface area contributed by atoms with Crippen LogP contribution in [-0.2, 0) is 14.8 Å². The topological polar surface area (TPSA) is 113 Å². The van der Waals surface area contributed by atoms with E-state index in [9.17, 15) is 18.3 Å². The lowest BCUT2D eigenvalue weighted by Gasteiger charge is -2.26. The van der Waals surface area contributed by atoms with Gasteiger partial charge in [-0.05, 0) is 25.1 Å². The third-order valence-corrected chi connectivity index (χ3v) is 5.57. The number of sulfonamides is 1. The normalized spacial score (nSPS) is 16.2. The lowest BCUT2D eigenvalue weighted by atomic mass is 10.2. The number of oxazole rings is 1. The number of aromatic nitrogens is 1. The quantitative estimate of drug-likeness (QED) is 0.764. The number of morpholine rings is 1. The van der Waals surface area contributed by atoms with Gasteiger partial charge in [0.25, 0.3) is 0 Å². The van der Waals surface area contributed by atoms with Crippen molar-refractivity contribution >= 4 is 16.0 Å². The van der Waals surface area contributed by atoms with E-state index in [-0.39, 0.29) is 22.2 Å². The Morgan fingerprint density at radius 3 is 2.62 bits per heavy atom. The Kier molecular flexibility index (Phi) is 4.39. The second-order valence-corrected chi connectivity index (χ2v) is 7.19. The molecule has 1 aromatic carbocycles. The van der Waals surface area contributed by atoms with Crippen LogP contribution in [0.15, 0.2) is 33.6 Å². The zero-order valence-corrected chi connectivity index (χ0v) is 13.7. The SMILES string of the molecule is Cc1oc(-c2cccc(S(=O)(=O)N3CCOCC3)c2)nc1C(=O)[O-]. The molecule has 24 heavy (non-hydrogen) atoms. The number of aryl methyl sites for hydroxylation is 1. The Hall–Kier alpha value is -2.23. The van der Waals surface area contributed by atoms with Crippen molar-refractivity contribution < 1.29 is 27.5 Å². The number of benzene rings is 1. The molecular weight excluding hydrogens is 336 g/mol. The van der Waals surface area contributed by atoms with Gasteiger partial charge >= 0.3 is 0 Å². The van der Waals surface area contributed by atoms with E-state index in [0.717, 1.165) is 0 Å². The predicted molar refractivity (Wildman–Crippen MR) is 80.6 cm³/mol. The molecule has 1 aromatic heterocycles. The van der Waals surface area contributed by atoms with Crippen LogP contribution in [0, 0.1) is 6.92 Å². The van der Waals surface area contributed by atoms with E-state index in [1.807, 2.05) is 0 Å².